The Bertz CT molecular complexity index is 742. The van der Waals surface area contributed by atoms with Gasteiger partial charge in [-0.25, -0.2) is 4.79 Å². The first-order valence-corrected chi connectivity index (χ1v) is 13.4. The maximum Gasteiger partial charge on any atom is 0.431 e. The molecule has 0 spiro atoms. The molecular formula is C28H51BrN4O4. The van der Waals surface area contributed by atoms with E-state index in [9.17, 15) is 4.79 Å². The van der Waals surface area contributed by atoms with Crippen LogP contribution in [0.4, 0.5) is 4.79 Å². The number of para-hydroxylation sites is 1. The Morgan fingerprint density at radius 2 is 1.32 bits per heavy atom. The standard InChI is InChI=1S/C28H50N4O4.BrH/c1-28(2,3)36-26(33)29-35-24-18-11-9-16-22-32(27(30(4)5)31(6)7)21-15-8-10-17-23-34-25-19-13-12-14-20-25;/h12-14,19-20H,8-11,15-18,21-24H2,1-7H3;1H. The van der Waals surface area contributed by atoms with E-state index in [1.165, 1.54) is 25.2 Å². The van der Waals surface area contributed by atoms with Crippen LogP contribution in [0.25, 0.3) is 0 Å². The smallest absolute Gasteiger partial charge is 0.431 e. The number of nitrogens with zero attached hydrogens (tertiary/aromatic N) is 3. The molecule has 0 aliphatic heterocycles. The molecule has 0 saturated heterocycles. The predicted molar refractivity (Wildman–Crippen MR) is 147 cm³/mol. The van der Waals surface area contributed by atoms with E-state index in [4.69, 9.17) is 14.3 Å². The Hall–Kier alpha value is -2.00. The van der Waals surface area contributed by atoms with Gasteiger partial charge in [-0.2, -0.15) is 5.48 Å². The number of carbonyl (C=O) groups is 1. The van der Waals surface area contributed by atoms with Crippen molar-refractivity contribution in [3.05, 3.63) is 30.3 Å². The van der Waals surface area contributed by atoms with Crippen molar-refractivity contribution in [3.8, 4) is 5.75 Å². The van der Waals surface area contributed by atoms with E-state index >= 15 is 0 Å². The molecule has 1 N–H and O–H groups in total. The van der Waals surface area contributed by atoms with Crippen LogP contribution < -0.4 is 27.2 Å². The van der Waals surface area contributed by atoms with E-state index < -0.39 is 11.7 Å². The first-order valence-electron chi connectivity index (χ1n) is 13.4. The van der Waals surface area contributed by atoms with Gasteiger partial charge in [-0.1, -0.05) is 37.5 Å². The minimum absolute atomic E-state index is 0. The lowest BCUT2D eigenvalue weighted by atomic mass is 10.1. The number of carbonyl (C=O) groups excluding carboxylic acids is 1. The Balaban J connectivity index is 0.0000130. The number of benzene rings is 1. The van der Waals surface area contributed by atoms with Gasteiger partial charge in [0, 0.05) is 0 Å². The van der Waals surface area contributed by atoms with Gasteiger partial charge in [0.2, 0.25) is 0 Å². The molecule has 0 bridgehead atoms. The largest absolute Gasteiger partial charge is 1.00 e. The fourth-order valence-corrected chi connectivity index (χ4v) is 3.98. The number of amides is 1. The monoisotopic (exact) mass is 586 g/mol. The topological polar surface area (TPSA) is 66.3 Å². The summed E-state index contributed by atoms with van der Waals surface area (Å²) < 4.78 is 13.5. The zero-order valence-electron chi connectivity index (χ0n) is 24.2. The van der Waals surface area contributed by atoms with E-state index in [1.54, 1.807) is 0 Å². The van der Waals surface area contributed by atoms with Crippen LogP contribution >= 0.6 is 0 Å². The number of rotatable bonds is 16. The zero-order valence-corrected chi connectivity index (χ0v) is 25.8. The number of hydroxylamine groups is 1. The van der Waals surface area contributed by atoms with Crippen LogP contribution in [0.15, 0.2) is 30.3 Å². The summed E-state index contributed by atoms with van der Waals surface area (Å²) in [4.78, 5) is 21.2. The molecule has 0 aromatic heterocycles. The number of unbranched alkanes of at least 4 members (excludes halogenated alkanes) is 6. The third-order valence-electron chi connectivity index (χ3n) is 5.40. The number of hydrogen-bond acceptors (Lipinski definition) is 4. The lowest BCUT2D eigenvalue weighted by Crippen LogP contribution is -3.00. The fraction of sp³-hybridized carbons (Fsp3) is 0.714. The molecule has 0 heterocycles. The van der Waals surface area contributed by atoms with Gasteiger partial charge in [-0.3, -0.25) is 19.2 Å². The number of ether oxygens (including phenoxy) is 2. The molecule has 0 saturated carbocycles. The third kappa shape index (κ3) is 18.0. The van der Waals surface area contributed by atoms with Crippen molar-refractivity contribution in [2.75, 3.05) is 54.5 Å². The molecule has 214 valence electrons. The predicted octanol–water partition coefficient (Wildman–Crippen LogP) is 2.14. The van der Waals surface area contributed by atoms with Crippen LogP contribution in [0.3, 0.4) is 0 Å². The van der Waals surface area contributed by atoms with Crippen molar-refractivity contribution in [1.82, 2.24) is 15.3 Å². The normalized spacial score (nSPS) is 10.8. The van der Waals surface area contributed by atoms with E-state index in [2.05, 4.69) is 48.0 Å². The molecule has 0 unspecified atom stereocenters. The molecule has 0 fully saturated rings. The van der Waals surface area contributed by atoms with E-state index in [0.29, 0.717) is 6.61 Å². The highest BCUT2D eigenvalue weighted by atomic mass is 79.9. The summed E-state index contributed by atoms with van der Waals surface area (Å²) in [7, 11) is 8.44. The summed E-state index contributed by atoms with van der Waals surface area (Å²) in [5, 5.41) is 0. The summed E-state index contributed by atoms with van der Waals surface area (Å²) in [5.41, 5.74) is 1.82. The maximum atomic E-state index is 11.6. The molecular weight excluding hydrogens is 536 g/mol. The fourth-order valence-electron chi connectivity index (χ4n) is 3.98. The molecule has 8 nitrogen and oxygen atoms in total. The Labute approximate surface area is 236 Å². The molecule has 0 atom stereocenters. The number of nitrogens with one attached hydrogen (secondary N) is 1. The molecule has 0 aliphatic rings. The lowest BCUT2D eigenvalue weighted by molar-refractivity contribution is -0.538. The third-order valence-corrected chi connectivity index (χ3v) is 5.40. The lowest BCUT2D eigenvalue weighted by Gasteiger charge is -2.22. The molecule has 9 heteroatoms. The minimum atomic E-state index is -0.544. The number of hydrogen-bond donors (Lipinski definition) is 1. The Morgan fingerprint density at radius 1 is 0.811 bits per heavy atom. The van der Waals surface area contributed by atoms with Gasteiger partial charge in [0.05, 0.1) is 54.5 Å². The van der Waals surface area contributed by atoms with Crippen LogP contribution in [0, 0.1) is 0 Å². The highest BCUT2D eigenvalue weighted by Gasteiger charge is 2.18. The van der Waals surface area contributed by atoms with Crippen LogP contribution in [-0.2, 0) is 9.57 Å². The summed E-state index contributed by atoms with van der Waals surface area (Å²) >= 11 is 0. The highest BCUT2D eigenvalue weighted by molar-refractivity contribution is 5.74. The first-order chi connectivity index (χ1) is 17.1. The molecule has 37 heavy (non-hydrogen) atoms. The van der Waals surface area contributed by atoms with Crippen molar-refractivity contribution in [2.45, 2.75) is 77.7 Å². The van der Waals surface area contributed by atoms with Crippen LogP contribution in [0.1, 0.15) is 72.1 Å². The second-order valence-electron chi connectivity index (χ2n) is 10.5. The summed E-state index contributed by atoms with van der Waals surface area (Å²) in [5.74, 6) is 2.19. The van der Waals surface area contributed by atoms with E-state index in [-0.39, 0.29) is 17.0 Å². The molecule has 1 aromatic rings. The summed E-state index contributed by atoms with van der Waals surface area (Å²) in [6.07, 6.45) is 8.29. The summed E-state index contributed by atoms with van der Waals surface area (Å²) in [6, 6.07) is 10.0. The van der Waals surface area contributed by atoms with Gasteiger partial charge in [-0.15, -0.1) is 0 Å². The van der Waals surface area contributed by atoms with Crippen LogP contribution in [0.5, 0.6) is 5.75 Å². The molecule has 0 aliphatic carbocycles. The van der Waals surface area contributed by atoms with Gasteiger partial charge in [-0.05, 0) is 65.0 Å². The van der Waals surface area contributed by atoms with Gasteiger partial charge < -0.3 is 26.5 Å². The van der Waals surface area contributed by atoms with Crippen molar-refractivity contribution < 1.29 is 40.7 Å². The highest BCUT2D eigenvalue weighted by Crippen LogP contribution is 2.10. The molecule has 1 rings (SSSR count). The SMILES string of the molecule is CN(C)C(N(C)C)=[N+](CCCCCCONC(=O)OC(C)(C)C)CCCCCCOc1ccccc1.[Br-]. The number of guanidine groups is 1. The van der Waals surface area contributed by atoms with Gasteiger partial charge >= 0.3 is 12.1 Å². The van der Waals surface area contributed by atoms with E-state index in [1.807, 2.05) is 51.1 Å². The second-order valence-corrected chi connectivity index (χ2v) is 10.5. The average Bonchev–Trinajstić information content (AvgIpc) is 2.78. The summed E-state index contributed by atoms with van der Waals surface area (Å²) in [6.45, 7) is 8.82. The first kappa shape index (κ1) is 35.0. The van der Waals surface area contributed by atoms with Crippen molar-refractivity contribution in [3.63, 3.8) is 0 Å². The zero-order chi connectivity index (χ0) is 26.8. The van der Waals surface area contributed by atoms with E-state index in [0.717, 1.165) is 57.6 Å². The second kappa shape index (κ2) is 20.0. The quantitative estimate of drug-likeness (QED) is 0.105. The van der Waals surface area contributed by atoms with Crippen LogP contribution in [-0.4, -0.2) is 86.5 Å². The van der Waals surface area contributed by atoms with Crippen molar-refractivity contribution in [1.29, 1.82) is 0 Å². The molecule has 1 amide bonds. The average molecular weight is 588 g/mol. The number of halogens is 1. The van der Waals surface area contributed by atoms with Crippen LogP contribution in [0.2, 0.25) is 0 Å². The van der Waals surface area contributed by atoms with Gasteiger partial charge in [0.25, 0.3) is 0 Å². The Kier molecular flexibility index (Phi) is 18.9. The Morgan fingerprint density at radius 3 is 1.84 bits per heavy atom. The van der Waals surface area contributed by atoms with Gasteiger partial charge in [0.1, 0.15) is 11.4 Å². The van der Waals surface area contributed by atoms with Gasteiger partial charge in [0.15, 0.2) is 0 Å². The molecule has 1 aromatic carbocycles. The minimum Gasteiger partial charge on any atom is -1.00 e. The van der Waals surface area contributed by atoms with Crippen molar-refractivity contribution >= 4 is 12.1 Å². The van der Waals surface area contributed by atoms with Crippen molar-refractivity contribution in [2.24, 2.45) is 0 Å². The molecule has 0 radical (unpaired) electrons. The maximum absolute atomic E-state index is 11.6.